The Morgan fingerprint density at radius 3 is 2.55 bits per heavy atom. The molecule has 6 bridgehead atoms. The molecule has 346 valence electrons. The van der Waals surface area contributed by atoms with E-state index in [-0.39, 0.29) is 42.6 Å². The van der Waals surface area contributed by atoms with Gasteiger partial charge >= 0.3 is 5.97 Å². The molecule has 0 unspecified atom stereocenters. The lowest BCUT2D eigenvalue weighted by molar-refractivity contribution is -0.155. The van der Waals surface area contributed by atoms with Crippen LogP contribution in [0.4, 0.5) is 0 Å². The highest BCUT2D eigenvalue weighted by atomic mass is 16.5. The molecule has 0 aliphatic carbocycles. The van der Waals surface area contributed by atoms with E-state index in [1.807, 2.05) is 38.4 Å². The molecule has 15 nitrogen and oxygen atoms in total. The molecule has 8 rings (SSSR count). The molecule has 3 saturated heterocycles. The average molecular weight is 889 g/mol. The van der Waals surface area contributed by atoms with Crippen molar-refractivity contribution in [3.63, 3.8) is 0 Å². The Morgan fingerprint density at radius 2 is 1.83 bits per heavy atom. The summed E-state index contributed by atoms with van der Waals surface area (Å²) in [6.45, 7) is 14.7. The number of pyridine rings is 1. The summed E-state index contributed by atoms with van der Waals surface area (Å²) in [5.74, 6) is -2.44. The average Bonchev–Trinajstić information content (AvgIpc) is 3.95. The number of carbonyl (C=O) groups is 5. The highest BCUT2D eigenvalue weighted by molar-refractivity contribution is 5.96. The van der Waals surface area contributed by atoms with Crippen LogP contribution in [0.3, 0.4) is 0 Å². The Kier molecular flexibility index (Phi) is 13.1. The smallest absolute Gasteiger partial charge is 0.324 e. The predicted molar refractivity (Wildman–Crippen MR) is 247 cm³/mol. The number of rotatable bonds is 9. The van der Waals surface area contributed by atoms with E-state index < -0.39 is 47.2 Å². The molecule has 0 radical (unpaired) electrons. The molecule has 4 N–H and O–H groups in total. The van der Waals surface area contributed by atoms with Gasteiger partial charge in [0.2, 0.25) is 17.7 Å². The highest BCUT2D eigenvalue weighted by Gasteiger charge is 2.42. The molecule has 65 heavy (non-hydrogen) atoms. The Bertz CT molecular complexity index is 2490. The minimum Gasteiger partial charge on any atom is -0.508 e. The summed E-state index contributed by atoms with van der Waals surface area (Å²) in [6.07, 6.45) is 6.66. The lowest BCUT2D eigenvalue weighted by Gasteiger charge is -2.37. The van der Waals surface area contributed by atoms with Crippen LogP contribution in [0, 0.1) is 17.3 Å². The quantitative estimate of drug-likeness (QED) is 0.137. The second-order valence-corrected chi connectivity index (χ2v) is 19.5. The number of phenols is 1. The van der Waals surface area contributed by atoms with Gasteiger partial charge in [0.05, 0.1) is 24.3 Å². The van der Waals surface area contributed by atoms with E-state index in [0.717, 1.165) is 45.3 Å². The minimum atomic E-state index is -1.14. The number of carbonyl (C=O) groups excluding carboxylic acids is 5. The summed E-state index contributed by atoms with van der Waals surface area (Å²) in [5.41, 5.74) is 10.3. The van der Waals surface area contributed by atoms with Crippen LogP contribution < -0.4 is 16.1 Å². The molecule has 2 aromatic heterocycles. The van der Waals surface area contributed by atoms with Crippen LogP contribution >= 0.6 is 0 Å². The summed E-state index contributed by atoms with van der Waals surface area (Å²) >= 11 is 0. The van der Waals surface area contributed by atoms with E-state index in [0.29, 0.717) is 64.0 Å². The van der Waals surface area contributed by atoms with E-state index in [9.17, 15) is 29.1 Å². The van der Waals surface area contributed by atoms with Crippen LogP contribution in [-0.4, -0.2) is 123 Å². The molecule has 4 aliphatic heterocycles. The molecule has 0 spiro atoms. The van der Waals surface area contributed by atoms with Gasteiger partial charge in [0.15, 0.2) is 0 Å². The first-order valence-electron chi connectivity index (χ1n) is 23.3. The van der Waals surface area contributed by atoms with Gasteiger partial charge in [-0.25, -0.2) is 5.43 Å². The molecule has 15 heteroatoms. The minimum absolute atomic E-state index is 0.00602. The number of ether oxygens (including phenoxy) is 1. The maximum absolute atomic E-state index is 14.7. The van der Waals surface area contributed by atoms with Gasteiger partial charge in [0, 0.05) is 80.5 Å². The van der Waals surface area contributed by atoms with Crippen LogP contribution in [0.1, 0.15) is 77.5 Å². The first-order chi connectivity index (χ1) is 31.1. The topological polar surface area (TPSA) is 188 Å². The van der Waals surface area contributed by atoms with Crippen molar-refractivity contribution >= 4 is 40.5 Å². The van der Waals surface area contributed by atoms with Gasteiger partial charge in [-0.15, -0.1) is 0 Å². The Balaban J connectivity index is 1.17. The number of aryl methyl sites for hydroxylation is 2. The number of hydrazine groups is 1. The van der Waals surface area contributed by atoms with Crippen molar-refractivity contribution in [1.82, 2.24) is 40.4 Å². The van der Waals surface area contributed by atoms with Gasteiger partial charge in [-0.1, -0.05) is 46.8 Å². The number of fused-ring (bicyclic) bond motifs is 6. The third kappa shape index (κ3) is 9.49. The Hall–Kier alpha value is -5.80. The number of cyclic esters (lactones) is 1. The molecule has 4 amide bonds. The van der Waals surface area contributed by atoms with Gasteiger partial charge in [-0.2, -0.15) is 0 Å². The number of hydrogen-bond acceptors (Lipinski definition) is 10. The molecule has 0 saturated carbocycles. The van der Waals surface area contributed by atoms with E-state index >= 15 is 0 Å². The summed E-state index contributed by atoms with van der Waals surface area (Å²) in [5, 5.41) is 19.8. The first kappa shape index (κ1) is 45.8. The fourth-order valence-electron chi connectivity index (χ4n) is 10.2. The molecule has 5 atom stereocenters. The molecule has 2 aromatic carbocycles. The van der Waals surface area contributed by atoms with Crippen LogP contribution in [0.2, 0.25) is 0 Å². The standard InChI is InChI=1S/C50H64N8O7/c1-8-31-14-16-51-25-38(31)44-37-24-50(5,6)28-65-49(64)39-11-10-17-58(54-39)48(63)40(21-30-19-34(22-35(59)20-30)32-12-13-42(36(37)23-32)57(44)9-2)53-45(60)43(29(3)4)55(7)46(61)33-15-18-56(27-33)47(62)41-26-52-41/h12-14,16,19-20,22-23,25,29,33,39-41,43,52,54,59H,8-11,15,17-18,21,24,26-28H2,1-7H3,(H,53,60)/t33-,39-,40-,41+,43-/m0/s1. The van der Waals surface area contributed by atoms with Gasteiger partial charge in [-0.3, -0.25) is 34.0 Å². The Labute approximate surface area is 381 Å². The number of aromatic hydroxyl groups is 1. The van der Waals surface area contributed by atoms with Gasteiger partial charge < -0.3 is 34.8 Å². The maximum Gasteiger partial charge on any atom is 0.324 e. The summed E-state index contributed by atoms with van der Waals surface area (Å²) < 4.78 is 8.43. The van der Waals surface area contributed by atoms with Crippen molar-refractivity contribution in [2.45, 2.75) is 111 Å². The number of likely N-dealkylation sites (tertiary alicyclic amines) is 1. The number of benzene rings is 2. The second kappa shape index (κ2) is 18.6. The maximum atomic E-state index is 14.7. The molecule has 4 aliphatic rings. The number of esters is 1. The third-order valence-electron chi connectivity index (χ3n) is 13.6. The number of aromatic nitrogens is 2. The first-order valence-corrected chi connectivity index (χ1v) is 23.3. The van der Waals surface area contributed by atoms with Crippen LogP contribution in [0.15, 0.2) is 54.9 Å². The molecule has 4 aromatic rings. The summed E-state index contributed by atoms with van der Waals surface area (Å²) in [6, 6.07) is 10.6. The van der Waals surface area contributed by atoms with Crippen molar-refractivity contribution in [2.75, 3.05) is 39.8 Å². The fourth-order valence-corrected chi connectivity index (χ4v) is 10.2. The second-order valence-electron chi connectivity index (χ2n) is 19.5. The summed E-state index contributed by atoms with van der Waals surface area (Å²) in [7, 11) is 1.61. The lowest BCUT2D eigenvalue weighted by atomic mass is 9.84. The predicted octanol–water partition coefficient (Wildman–Crippen LogP) is 4.61. The zero-order valence-electron chi connectivity index (χ0n) is 38.8. The number of nitrogens with zero attached hydrogens (tertiary/aromatic N) is 5. The number of nitrogens with one attached hydrogen (secondary N) is 3. The van der Waals surface area contributed by atoms with Gasteiger partial charge in [-0.05, 0) is 103 Å². The number of amides is 4. The van der Waals surface area contributed by atoms with Crippen molar-refractivity contribution in [3.05, 3.63) is 71.5 Å². The molecule has 6 heterocycles. The Morgan fingerprint density at radius 1 is 1.05 bits per heavy atom. The SMILES string of the molecule is CCc1ccncc1-c1c2c3cc(ccc3n1CC)-c1cc(O)cc(c1)C[C@H](NC(=O)[C@H](C(C)C)N(C)C(=O)[C@H]1CCN(C(=O)[C@H]3CN3)C1)C(=O)N1CCC[C@H](N1)C(=O)OCC(C)(C)C2. The van der Waals surface area contributed by atoms with Gasteiger partial charge in [0.25, 0.3) is 5.91 Å². The largest absolute Gasteiger partial charge is 0.508 e. The number of hydrogen-bond donors (Lipinski definition) is 4. The van der Waals surface area contributed by atoms with Crippen molar-refractivity contribution in [2.24, 2.45) is 17.3 Å². The van der Waals surface area contributed by atoms with Crippen molar-refractivity contribution in [3.8, 4) is 28.1 Å². The number of phenolic OH excluding ortho intramolecular Hbond substituents is 1. The molecule has 3 fully saturated rings. The normalized spacial score (nSPS) is 22.6. The van der Waals surface area contributed by atoms with Crippen LogP contribution in [0.25, 0.3) is 33.3 Å². The van der Waals surface area contributed by atoms with Crippen molar-refractivity contribution in [1.29, 1.82) is 0 Å². The fraction of sp³-hybridized carbons (Fsp3) is 0.520. The van der Waals surface area contributed by atoms with E-state index in [2.05, 4.69) is 71.5 Å². The highest BCUT2D eigenvalue weighted by Crippen LogP contribution is 2.41. The van der Waals surface area contributed by atoms with E-state index in [4.69, 9.17) is 4.74 Å². The van der Waals surface area contributed by atoms with E-state index in [1.165, 1.54) is 15.5 Å². The van der Waals surface area contributed by atoms with Crippen LogP contribution in [-0.2, 0) is 54.5 Å². The van der Waals surface area contributed by atoms with Crippen LogP contribution in [0.5, 0.6) is 5.75 Å². The summed E-state index contributed by atoms with van der Waals surface area (Å²) in [4.78, 5) is 77.6. The lowest BCUT2D eigenvalue weighted by Crippen LogP contribution is -2.62. The van der Waals surface area contributed by atoms with Crippen molar-refractivity contribution < 1.29 is 33.8 Å². The molecular formula is C50H64N8O7. The number of likely N-dealkylation sites (N-methyl/N-ethyl adjacent to an activating group) is 1. The zero-order chi connectivity index (χ0) is 46.3. The monoisotopic (exact) mass is 888 g/mol. The zero-order valence-corrected chi connectivity index (χ0v) is 38.8. The van der Waals surface area contributed by atoms with E-state index in [1.54, 1.807) is 24.1 Å². The third-order valence-corrected chi connectivity index (χ3v) is 13.6. The molecular weight excluding hydrogens is 825 g/mol. The van der Waals surface area contributed by atoms with Gasteiger partial charge in [0.1, 0.15) is 23.9 Å².